The van der Waals surface area contributed by atoms with Gasteiger partial charge in [-0.3, -0.25) is 4.79 Å². The monoisotopic (exact) mass is 771 g/mol. The number of hydrogen-bond donors (Lipinski definition) is 0. The fourth-order valence-corrected chi connectivity index (χ4v) is 8.54. The van der Waals surface area contributed by atoms with Crippen molar-refractivity contribution in [2.24, 2.45) is 0 Å². The van der Waals surface area contributed by atoms with Crippen LogP contribution in [0.3, 0.4) is 0 Å². The number of nitrogens with zero attached hydrogens (tertiary/aromatic N) is 3. The van der Waals surface area contributed by atoms with Crippen LogP contribution in [0.4, 0.5) is 34.1 Å². The molecule has 0 atom stereocenters. The summed E-state index contributed by atoms with van der Waals surface area (Å²) in [6.07, 6.45) is 0. The Bertz CT molecular complexity index is 3160. The molecular weight excluding hydrogens is 735 g/mol. The van der Waals surface area contributed by atoms with Gasteiger partial charge in [0, 0.05) is 50.6 Å². The van der Waals surface area contributed by atoms with E-state index in [2.05, 4.69) is 196 Å². The molecule has 0 aliphatic rings. The van der Waals surface area contributed by atoms with E-state index in [0.717, 1.165) is 72.7 Å². The first-order valence-corrected chi connectivity index (χ1v) is 20.1. The number of rotatable bonds is 8. The third-order valence-corrected chi connectivity index (χ3v) is 11.3. The highest BCUT2D eigenvalue weighted by Crippen LogP contribution is 2.43. The van der Waals surface area contributed by atoms with Gasteiger partial charge in [0.15, 0.2) is 0 Å². The van der Waals surface area contributed by atoms with Crippen molar-refractivity contribution in [1.82, 2.24) is 4.57 Å². The lowest BCUT2D eigenvalue weighted by molar-refractivity contribution is 0.660. The lowest BCUT2D eigenvalue weighted by atomic mass is 10.0. The van der Waals surface area contributed by atoms with E-state index in [4.69, 9.17) is 4.42 Å². The second-order valence-corrected chi connectivity index (χ2v) is 14.9. The normalized spacial score (nSPS) is 11.4. The van der Waals surface area contributed by atoms with Crippen LogP contribution in [0, 0.1) is 0 Å². The number of para-hydroxylation sites is 5. The van der Waals surface area contributed by atoms with E-state index in [9.17, 15) is 4.79 Å². The lowest BCUT2D eigenvalue weighted by Crippen LogP contribution is -2.09. The molecule has 60 heavy (non-hydrogen) atoms. The highest BCUT2D eigenvalue weighted by Gasteiger charge is 2.20. The predicted molar refractivity (Wildman–Crippen MR) is 249 cm³/mol. The van der Waals surface area contributed by atoms with Crippen molar-refractivity contribution < 1.29 is 4.42 Å². The molecular formula is C55H37N3O2. The Kier molecular flexibility index (Phi) is 8.56. The Labute approximate surface area is 346 Å². The van der Waals surface area contributed by atoms with Crippen molar-refractivity contribution in [1.29, 1.82) is 0 Å². The average Bonchev–Trinajstić information content (AvgIpc) is 3.63. The minimum absolute atomic E-state index is 0.0160. The third kappa shape index (κ3) is 6.08. The van der Waals surface area contributed by atoms with Gasteiger partial charge in [0.1, 0.15) is 11.2 Å². The Morgan fingerprint density at radius 3 is 1.27 bits per heavy atom. The van der Waals surface area contributed by atoms with Gasteiger partial charge in [-0.1, -0.05) is 103 Å². The summed E-state index contributed by atoms with van der Waals surface area (Å²) in [7, 11) is 0. The van der Waals surface area contributed by atoms with Gasteiger partial charge < -0.3 is 18.8 Å². The zero-order valence-electron chi connectivity index (χ0n) is 32.5. The SMILES string of the molecule is O=c1c2ccccc2oc2cc(-c3ccc(-n4c5ccc(N(c6ccccc6)c6ccccc6)cc5c5cc(N(c6ccccc6)c6ccccc6)ccc54)cc3)ccc12. The van der Waals surface area contributed by atoms with Gasteiger partial charge in [-0.25, -0.2) is 0 Å². The zero-order valence-corrected chi connectivity index (χ0v) is 32.5. The summed E-state index contributed by atoms with van der Waals surface area (Å²) in [6, 6.07) is 77.7. The van der Waals surface area contributed by atoms with Crippen LogP contribution in [0.15, 0.2) is 234 Å². The summed E-state index contributed by atoms with van der Waals surface area (Å²) < 4.78 is 8.58. The van der Waals surface area contributed by atoms with Crippen molar-refractivity contribution >= 4 is 77.9 Å². The van der Waals surface area contributed by atoms with E-state index in [-0.39, 0.29) is 5.43 Å². The van der Waals surface area contributed by atoms with Crippen LogP contribution in [-0.2, 0) is 0 Å². The minimum atomic E-state index is -0.0160. The van der Waals surface area contributed by atoms with Gasteiger partial charge in [0.05, 0.1) is 21.8 Å². The van der Waals surface area contributed by atoms with Crippen LogP contribution in [-0.4, -0.2) is 4.57 Å². The van der Waals surface area contributed by atoms with Crippen LogP contribution in [0.25, 0.3) is 60.6 Å². The second-order valence-electron chi connectivity index (χ2n) is 14.9. The molecule has 2 heterocycles. The van der Waals surface area contributed by atoms with Crippen LogP contribution >= 0.6 is 0 Å². The Balaban J connectivity index is 1.09. The molecule has 0 aliphatic carbocycles. The van der Waals surface area contributed by atoms with Gasteiger partial charge in [-0.05, 0) is 132 Å². The van der Waals surface area contributed by atoms with Crippen molar-refractivity contribution in [2.75, 3.05) is 9.80 Å². The predicted octanol–water partition coefficient (Wildman–Crippen LogP) is 14.6. The average molecular weight is 772 g/mol. The van der Waals surface area contributed by atoms with Crippen LogP contribution in [0.1, 0.15) is 0 Å². The van der Waals surface area contributed by atoms with Gasteiger partial charge in [-0.15, -0.1) is 0 Å². The molecule has 11 rings (SSSR count). The highest BCUT2D eigenvalue weighted by molar-refractivity contribution is 6.12. The standard InChI is InChI=1S/C55H37N3O2/c59-55-47-23-13-14-24-53(47)60-54-35-39(27-32-48(54)55)38-25-28-44(29-26-38)58-51-33-30-45(56(40-15-5-1-6-16-40)41-17-7-2-8-18-41)36-49(51)50-37-46(31-34-52(50)58)57(42-19-9-3-10-20-42)43-21-11-4-12-22-43/h1-37H. The molecule has 11 aromatic rings. The minimum Gasteiger partial charge on any atom is -0.456 e. The van der Waals surface area contributed by atoms with Gasteiger partial charge in [0.25, 0.3) is 0 Å². The molecule has 0 N–H and O–H groups in total. The molecule has 5 heteroatoms. The second kappa shape index (κ2) is 14.7. The van der Waals surface area contributed by atoms with Gasteiger partial charge in [-0.2, -0.15) is 0 Å². The molecule has 0 bridgehead atoms. The maximum Gasteiger partial charge on any atom is 0.200 e. The molecule has 0 fully saturated rings. The lowest BCUT2D eigenvalue weighted by Gasteiger charge is -2.26. The van der Waals surface area contributed by atoms with E-state index in [1.807, 2.05) is 42.5 Å². The number of hydrogen-bond acceptors (Lipinski definition) is 4. The smallest absolute Gasteiger partial charge is 0.200 e. The van der Waals surface area contributed by atoms with Crippen molar-refractivity contribution in [3.8, 4) is 16.8 Å². The molecule has 2 aromatic heterocycles. The first kappa shape index (κ1) is 35.0. The zero-order chi connectivity index (χ0) is 40.0. The topological polar surface area (TPSA) is 41.6 Å². The third-order valence-electron chi connectivity index (χ3n) is 11.3. The number of benzene rings is 9. The van der Waals surface area contributed by atoms with E-state index >= 15 is 0 Å². The maximum atomic E-state index is 13.3. The van der Waals surface area contributed by atoms with Crippen molar-refractivity contribution in [2.45, 2.75) is 0 Å². The van der Waals surface area contributed by atoms with E-state index in [1.165, 1.54) is 0 Å². The molecule has 0 saturated heterocycles. The maximum absolute atomic E-state index is 13.3. The summed E-state index contributed by atoms with van der Waals surface area (Å²) in [5.41, 5.74) is 12.9. The van der Waals surface area contributed by atoms with Crippen LogP contribution in [0.2, 0.25) is 0 Å². The molecule has 0 aliphatic heterocycles. The first-order chi connectivity index (χ1) is 29.7. The Morgan fingerprint density at radius 2 is 0.767 bits per heavy atom. The quantitative estimate of drug-likeness (QED) is 0.144. The molecule has 9 aromatic carbocycles. The summed E-state index contributed by atoms with van der Waals surface area (Å²) in [5.74, 6) is 0. The van der Waals surface area contributed by atoms with Gasteiger partial charge >= 0.3 is 0 Å². The fraction of sp³-hybridized carbons (Fsp3) is 0. The van der Waals surface area contributed by atoms with E-state index in [0.29, 0.717) is 21.9 Å². The fourth-order valence-electron chi connectivity index (χ4n) is 8.54. The largest absolute Gasteiger partial charge is 0.456 e. The first-order valence-electron chi connectivity index (χ1n) is 20.1. The van der Waals surface area contributed by atoms with E-state index < -0.39 is 0 Å². The summed E-state index contributed by atoms with van der Waals surface area (Å²) in [5, 5.41) is 3.45. The molecule has 0 spiro atoms. The molecule has 0 unspecified atom stereocenters. The van der Waals surface area contributed by atoms with Crippen molar-refractivity contribution in [3.63, 3.8) is 0 Å². The highest BCUT2D eigenvalue weighted by atomic mass is 16.3. The molecule has 0 saturated carbocycles. The number of anilines is 6. The molecule has 5 nitrogen and oxygen atoms in total. The molecule has 0 amide bonds. The molecule has 284 valence electrons. The Hall–Kier alpha value is -8.15. The van der Waals surface area contributed by atoms with Gasteiger partial charge in [0.2, 0.25) is 5.43 Å². The van der Waals surface area contributed by atoms with Crippen molar-refractivity contribution in [3.05, 3.63) is 235 Å². The number of fused-ring (bicyclic) bond motifs is 5. The summed E-state index contributed by atoms with van der Waals surface area (Å²) in [4.78, 5) is 17.9. The van der Waals surface area contributed by atoms with E-state index in [1.54, 1.807) is 0 Å². The van der Waals surface area contributed by atoms with Crippen LogP contribution < -0.4 is 15.2 Å². The summed E-state index contributed by atoms with van der Waals surface area (Å²) in [6.45, 7) is 0. The van der Waals surface area contributed by atoms with Crippen LogP contribution in [0.5, 0.6) is 0 Å². The summed E-state index contributed by atoms with van der Waals surface area (Å²) >= 11 is 0. The Morgan fingerprint density at radius 1 is 0.333 bits per heavy atom. The molecule has 0 radical (unpaired) electrons. The number of aromatic nitrogens is 1.